The molecular weight excluding hydrogens is 272 g/mol. The van der Waals surface area contributed by atoms with Gasteiger partial charge < -0.3 is 24.8 Å². The Morgan fingerprint density at radius 3 is 2.86 bits per heavy atom. The second-order valence-electron chi connectivity index (χ2n) is 5.36. The summed E-state index contributed by atoms with van der Waals surface area (Å²) in [6.45, 7) is 4.47. The van der Waals surface area contributed by atoms with E-state index < -0.39 is 0 Å². The van der Waals surface area contributed by atoms with E-state index in [1.54, 1.807) is 18.2 Å². The summed E-state index contributed by atoms with van der Waals surface area (Å²) in [6.07, 6.45) is -0.0950. The van der Waals surface area contributed by atoms with Crippen LogP contribution < -0.4 is 15.2 Å². The standard InChI is InChI=1S/C15H20N2O4/c1-10-9-21-12(7-16)8-17(10)15(18)11-2-3-13-14(6-11)20-5-4-19-13/h2-3,6,10,12H,4-5,7-9,16H2,1H3. The third-order valence-electron chi connectivity index (χ3n) is 3.82. The minimum atomic E-state index is -0.0950. The molecule has 0 bridgehead atoms. The number of amides is 1. The Morgan fingerprint density at radius 2 is 2.10 bits per heavy atom. The fraction of sp³-hybridized carbons (Fsp3) is 0.533. The molecule has 0 spiro atoms. The minimum Gasteiger partial charge on any atom is -0.486 e. The average molecular weight is 292 g/mol. The highest BCUT2D eigenvalue weighted by Gasteiger charge is 2.30. The van der Waals surface area contributed by atoms with Crippen LogP contribution in [0.3, 0.4) is 0 Å². The lowest BCUT2D eigenvalue weighted by atomic mass is 10.1. The van der Waals surface area contributed by atoms with Crippen molar-refractivity contribution in [2.24, 2.45) is 5.73 Å². The molecule has 2 aliphatic heterocycles. The Bertz CT molecular complexity index is 534. The van der Waals surface area contributed by atoms with Crippen LogP contribution in [0.2, 0.25) is 0 Å². The van der Waals surface area contributed by atoms with Gasteiger partial charge in [0, 0.05) is 18.7 Å². The van der Waals surface area contributed by atoms with Crippen molar-refractivity contribution in [3.8, 4) is 11.5 Å². The summed E-state index contributed by atoms with van der Waals surface area (Å²) < 4.78 is 16.6. The number of hydrogen-bond acceptors (Lipinski definition) is 5. The van der Waals surface area contributed by atoms with Crippen LogP contribution in [-0.4, -0.2) is 55.9 Å². The van der Waals surface area contributed by atoms with Crippen LogP contribution in [0.25, 0.3) is 0 Å². The summed E-state index contributed by atoms with van der Waals surface area (Å²) in [5.41, 5.74) is 6.24. The molecule has 1 saturated heterocycles. The van der Waals surface area contributed by atoms with Crippen LogP contribution in [-0.2, 0) is 4.74 Å². The molecular formula is C15H20N2O4. The van der Waals surface area contributed by atoms with Gasteiger partial charge in [-0.25, -0.2) is 0 Å². The lowest BCUT2D eigenvalue weighted by molar-refractivity contribution is -0.0426. The number of fused-ring (bicyclic) bond motifs is 1. The van der Waals surface area contributed by atoms with E-state index in [9.17, 15) is 4.79 Å². The Hall–Kier alpha value is -1.79. The lowest BCUT2D eigenvalue weighted by Gasteiger charge is -2.37. The Morgan fingerprint density at radius 1 is 1.33 bits per heavy atom. The van der Waals surface area contributed by atoms with Crippen LogP contribution in [0, 0.1) is 0 Å². The van der Waals surface area contributed by atoms with Gasteiger partial charge in [-0.1, -0.05) is 0 Å². The Balaban J connectivity index is 1.80. The number of hydrogen-bond donors (Lipinski definition) is 1. The number of rotatable bonds is 2. The lowest BCUT2D eigenvalue weighted by Crippen LogP contribution is -2.52. The van der Waals surface area contributed by atoms with Gasteiger partial charge in [0.05, 0.1) is 18.8 Å². The van der Waals surface area contributed by atoms with Crippen molar-refractivity contribution in [3.63, 3.8) is 0 Å². The van der Waals surface area contributed by atoms with Crippen LogP contribution in [0.15, 0.2) is 18.2 Å². The normalized spacial score (nSPS) is 24.8. The topological polar surface area (TPSA) is 74.0 Å². The van der Waals surface area contributed by atoms with Gasteiger partial charge in [-0.05, 0) is 25.1 Å². The molecule has 0 radical (unpaired) electrons. The molecule has 1 fully saturated rings. The first-order chi connectivity index (χ1) is 10.2. The van der Waals surface area contributed by atoms with E-state index in [0.29, 0.717) is 50.0 Å². The first-order valence-electron chi connectivity index (χ1n) is 7.21. The number of ether oxygens (including phenoxy) is 3. The Kier molecular flexibility index (Phi) is 3.98. The summed E-state index contributed by atoms with van der Waals surface area (Å²) in [4.78, 5) is 14.5. The van der Waals surface area contributed by atoms with E-state index in [0.717, 1.165) is 0 Å². The smallest absolute Gasteiger partial charge is 0.254 e. The van der Waals surface area contributed by atoms with Crippen molar-refractivity contribution in [1.82, 2.24) is 4.90 Å². The zero-order chi connectivity index (χ0) is 14.8. The fourth-order valence-electron chi connectivity index (χ4n) is 2.59. The molecule has 114 valence electrons. The van der Waals surface area contributed by atoms with Gasteiger partial charge in [0.2, 0.25) is 0 Å². The molecule has 0 aliphatic carbocycles. The summed E-state index contributed by atoms with van der Waals surface area (Å²) in [5, 5.41) is 0. The van der Waals surface area contributed by atoms with Gasteiger partial charge >= 0.3 is 0 Å². The average Bonchev–Trinajstić information content (AvgIpc) is 2.54. The molecule has 1 aromatic carbocycles. The zero-order valence-electron chi connectivity index (χ0n) is 12.1. The van der Waals surface area contributed by atoms with E-state index in [-0.39, 0.29) is 18.1 Å². The minimum absolute atomic E-state index is 0.0266. The first kappa shape index (κ1) is 14.2. The molecule has 2 heterocycles. The number of morpholine rings is 1. The molecule has 2 atom stereocenters. The molecule has 1 amide bonds. The molecule has 2 aliphatic rings. The van der Waals surface area contributed by atoms with E-state index >= 15 is 0 Å². The van der Waals surface area contributed by atoms with E-state index in [2.05, 4.69) is 0 Å². The highest BCUT2D eigenvalue weighted by molar-refractivity contribution is 5.95. The second kappa shape index (κ2) is 5.91. The third-order valence-corrected chi connectivity index (χ3v) is 3.82. The summed E-state index contributed by atoms with van der Waals surface area (Å²) in [7, 11) is 0. The van der Waals surface area contributed by atoms with Crippen molar-refractivity contribution in [2.75, 3.05) is 32.9 Å². The van der Waals surface area contributed by atoms with Crippen LogP contribution in [0.4, 0.5) is 0 Å². The maximum atomic E-state index is 12.7. The molecule has 21 heavy (non-hydrogen) atoms. The maximum absolute atomic E-state index is 12.7. The van der Waals surface area contributed by atoms with Crippen molar-refractivity contribution < 1.29 is 19.0 Å². The molecule has 3 rings (SSSR count). The SMILES string of the molecule is CC1COC(CN)CN1C(=O)c1ccc2c(c1)OCCO2. The van der Waals surface area contributed by atoms with E-state index in [1.807, 2.05) is 11.8 Å². The van der Waals surface area contributed by atoms with Gasteiger partial charge in [-0.15, -0.1) is 0 Å². The van der Waals surface area contributed by atoms with Crippen LogP contribution >= 0.6 is 0 Å². The van der Waals surface area contributed by atoms with Gasteiger partial charge in [-0.3, -0.25) is 4.79 Å². The third kappa shape index (κ3) is 2.82. The number of carbonyl (C=O) groups excluding carboxylic acids is 1. The largest absolute Gasteiger partial charge is 0.486 e. The predicted molar refractivity (Wildman–Crippen MR) is 76.7 cm³/mol. The number of benzene rings is 1. The van der Waals surface area contributed by atoms with Crippen molar-refractivity contribution in [1.29, 1.82) is 0 Å². The van der Waals surface area contributed by atoms with Crippen molar-refractivity contribution in [3.05, 3.63) is 23.8 Å². The number of nitrogens with zero attached hydrogens (tertiary/aromatic N) is 1. The van der Waals surface area contributed by atoms with Crippen LogP contribution in [0.1, 0.15) is 17.3 Å². The molecule has 0 saturated carbocycles. The van der Waals surface area contributed by atoms with Gasteiger partial charge in [0.1, 0.15) is 13.2 Å². The highest BCUT2D eigenvalue weighted by Crippen LogP contribution is 2.31. The fourth-order valence-corrected chi connectivity index (χ4v) is 2.59. The Labute approximate surface area is 123 Å². The summed E-state index contributed by atoms with van der Waals surface area (Å²) >= 11 is 0. The van der Waals surface area contributed by atoms with E-state index in [1.165, 1.54) is 0 Å². The number of nitrogens with two attached hydrogens (primary N) is 1. The second-order valence-corrected chi connectivity index (χ2v) is 5.36. The molecule has 6 nitrogen and oxygen atoms in total. The quantitative estimate of drug-likeness (QED) is 0.866. The molecule has 2 unspecified atom stereocenters. The summed E-state index contributed by atoms with van der Waals surface area (Å²) in [6, 6.07) is 5.34. The molecule has 2 N–H and O–H groups in total. The van der Waals surface area contributed by atoms with Gasteiger partial charge in [0.15, 0.2) is 11.5 Å². The van der Waals surface area contributed by atoms with Crippen LogP contribution in [0.5, 0.6) is 11.5 Å². The zero-order valence-corrected chi connectivity index (χ0v) is 12.1. The van der Waals surface area contributed by atoms with Crippen molar-refractivity contribution >= 4 is 5.91 Å². The maximum Gasteiger partial charge on any atom is 0.254 e. The van der Waals surface area contributed by atoms with Gasteiger partial charge in [0.25, 0.3) is 5.91 Å². The monoisotopic (exact) mass is 292 g/mol. The number of carbonyl (C=O) groups is 1. The predicted octanol–water partition coefficient (Wildman–Crippen LogP) is 0.646. The molecule has 6 heteroatoms. The van der Waals surface area contributed by atoms with Crippen molar-refractivity contribution in [2.45, 2.75) is 19.1 Å². The van der Waals surface area contributed by atoms with Gasteiger partial charge in [-0.2, -0.15) is 0 Å². The first-order valence-corrected chi connectivity index (χ1v) is 7.21. The molecule has 1 aromatic rings. The molecule has 0 aromatic heterocycles. The van der Waals surface area contributed by atoms with E-state index in [4.69, 9.17) is 19.9 Å². The highest BCUT2D eigenvalue weighted by atomic mass is 16.6. The summed E-state index contributed by atoms with van der Waals surface area (Å²) in [5.74, 6) is 1.29.